The normalized spacial score (nSPS) is 27.5. The summed E-state index contributed by atoms with van der Waals surface area (Å²) in [6, 6.07) is 6.84. The Balaban J connectivity index is 0.000000210. The first-order valence-electron chi connectivity index (χ1n) is 20.7. The lowest BCUT2D eigenvalue weighted by molar-refractivity contribution is -0.130. The molecule has 252 valence electrons. The van der Waals surface area contributed by atoms with E-state index < -0.39 is 21.1 Å². The lowest BCUT2D eigenvalue weighted by atomic mass is 9.80. The Hall–Kier alpha value is -3.10. The maximum Gasteiger partial charge on any atom is 0.161 e. The van der Waals surface area contributed by atoms with Crippen molar-refractivity contribution in [1.29, 1.82) is 0 Å². The van der Waals surface area contributed by atoms with Crippen LogP contribution in [0.2, 0.25) is 0 Å². The van der Waals surface area contributed by atoms with Crippen LogP contribution in [0.5, 0.6) is 23.0 Å². The molecule has 0 aromatic heterocycles. The quantitative estimate of drug-likeness (QED) is 0.324. The Morgan fingerprint density at radius 2 is 1.13 bits per heavy atom. The van der Waals surface area contributed by atoms with Crippen molar-refractivity contribution in [3.8, 4) is 23.0 Å². The van der Waals surface area contributed by atoms with Crippen LogP contribution in [0, 0.1) is 23.7 Å². The van der Waals surface area contributed by atoms with Crippen molar-refractivity contribution < 1.29 is 39.5 Å². The van der Waals surface area contributed by atoms with Gasteiger partial charge in [-0.25, -0.2) is 0 Å². The molecule has 8 heteroatoms. The molecule has 0 bridgehead atoms. The fourth-order valence-electron chi connectivity index (χ4n) is 7.88. The van der Waals surface area contributed by atoms with E-state index in [4.69, 9.17) is 29.9 Å². The number of carbonyl (C=O) groups excluding carboxylic acids is 2. The van der Waals surface area contributed by atoms with E-state index >= 15 is 0 Å². The van der Waals surface area contributed by atoms with E-state index in [1.54, 1.807) is 13.2 Å². The van der Waals surface area contributed by atoms with Gasteiger partial charge in [0.15, 0.2) is 23.0 Å². The molecule has 0 amide bonds. The molecule has 0 N–H and O–H groups in total. The van der Waals surface area contributed by atoms with Crippen LogP contribution in [0.25, 0.3) is 0 Å². The monoisotopic (exact) mass is 642 g/mol. The van der Waals surface area contributed by atoms with Crippen molar-refractivity contribution in [3.63, 3.8) is 0 Å². The van der Waals surface area contributed by atoms with Crippen molar-refractivity contribution in [2.75, 3.05) is 54.4 Å². The number of Topliss-reactive ketones (excluding diaryl/α,β-unsaturated/α-hetero) is 2. The number of hydrogen-bond acceptors (Lipinski definition) is 8. The van der Waals surface area contributed by atoms with Crippen LogP contribution >= 0.6 is 0 Å². The van der Waals surface area contributed by atoms with Crippen molar-refractivity contribution in [2.45, 2.75) is 78.3 Å². The molecule has 0 radical (unpaired) electrons. The Bertz CT molecular complexity index is 1660. The summed E-state index contributed by atoms with van der Waals surface area (Å²) in [6.07, 6.45) is 4.27. The van der Waals surface area contributed by atoms with E-state index in [-0.39, 0.29) is 41.2 Å². The molecule has 0 unspecified atom stereocenters. The van der Waals surface area contributed by atoms with Gasteiger partial charge in [-0.1, -0.05) is 27.7 Å². The molecule has 4 aliphatic heterocycles. The summed E-state index contributed by atoms with van der Waals surface area (Å²) in [5, 5.41) is 0. The predicted molar refractivity (Wildman–Crippen MR) is 180 cm³/mol. The predicted octanol–water partition coefficient (Wildman–Crippen LogP) is 6.48. The summed E-state index contributed by atoms with van der Waals surface area (Å²) in [7, 11) is -5.31. The summed E-state index contributed by atoms with van der Waals surface area (Å²) in [4.78, 5) is 30.0. The maximum atomic E-state index is 12.7. The SMILES string of the molecule is [2H]C([2H])([2H])Oc1cc2c(cc1OC([2H])([2H])[2H])[C@@H]1CC(=O)[C@H](CC(C)C)CN1CC2.[2H]C([2H])Oc1cc2c(cc1OC)[C@H]1CC(=O)[C@@H](CC(C)C)CN1CC2. The van der Waals surface area contributed by atoms with Gasteiger partial charge in [0.05, 0.1) is 39.2 Å². The fraction of sp³-hybridized carbons (Fsp3) is 0.632. The molecule has 2 aromatic carbocycles. The summed E-state index contributed by atoms with van der Waals surface area (Å²) >= 11 is 0. The maximum absolute atomic E-state index is 12.7. The van der Waals surface area contributed by atoms with Gasteiger partial charge >= 0.3 is 0 Å². The van der Waals surface area contributed by atoms with E-state index in [2.05, 4.69) is 37.5 Å². The molecule has 6 rings (SSSR count). The number of hydrogen-bond donors (Lipinski definition) is 0. The summed E-state index contributed by atoms with van der Waals surface area (Å²) < 4.78 is 79.6. The summed E-state index contributed by atoms with van der Waals surface area (Å²) in [5.74, 6) is 2.42. The van der Waals surface area contributed by atoms with Gasteiger partial charge in [0.1, 0.15) is 11.6 Å². The van der Waals surface area contributed by atoms with Crippen molar-refractivity contribution in [2.24, 2.45) is 23.7 Å². The number of carbonyl (C=O) groups is 2. The van der Waals surface area contributed by atoms with Gasteiger partial charge in [-0.2, -0.15) is 0 Å². The molecule has 4 aliphatic rings. The van der Waals surface area contributed by atoms with Crippen molar-refractivity contribution in [3.05, 3.63) is 46.5 Å². The zero-order chi connectivity index (χ0) is 39.7. The molecule has 2 aromatic rings. The topological polar surface area (TPSA) is 77.5 Å². The zero-order valence-corrected chi connectivity index (χ0v) is 27.8. The molecule has 46 heavy (non-hydrogen) atoms. The third-order valence-corrected chi connectivity index (χ3v) is 10.0. The van der Waals surface area contributed by atoms with E-state index in [1.165, 1.54) is 6.07 Å². The van der Waals surface area contributed by atoms with Gasteiger partial charge in [-0.3, -0.25) is 19.4 Å². The summed E-state index contributed by atoms with van der Waals surface area (Å²) in [6.45, 7) is 11.8. The standard InChI is InChI=1S/2C19H27NO3/c2*1-12(2)7-14-11-20-6-5-13-8-18(22-3)19(23-4)9-15(13)16(20)10-17(14)21/h2*8-9,12,14,16H,5-7,10-11H2,1-4H3/t2*14-,16+/m10/s1/i3D3,4D3;3D2. The Morgan fingerprint density at radius 1 is 0.696 bits per heavy atom. The average molecular weight is 643 g/mol. The molecular formula is C38H54N2O6. The number of methoxy groups -OCH3 is 4. The average Bonchev–Trinajstić information content (AvgIpc) is 3.04. The fourth-order valence-corrected chi connectivity index (χ4v) is 7.88. The van der Waals surface area contributed by atoms with E-state index in [9.17, 15) is 9.59 Å². The molecule has 4 heterocycles. The molecule has 0 aliphatic carbocycles. The highest BCUT2D eigenvalue weighted by atomic mass is 16.5. The number of ether oxygens (including phenoxy) is 4. The number of nitrogens with zero attached hydrogens (tertiary/aromatic N) is 2. The van der Waals surface area contributed by atoms with Gasteiger partial charge in [-0.05, 0) is 84.0 Å². The van der Waals surface area contributed by atoms with E-state index in [0.717, 1.165) is 61.2 Å². The van der Waals surface area contributed by atoms with Crippen LogP contribution in [0.15, 0.2) is 24.3 Å². The summed E-state index contributed by atoms with van der Waals surface area (Å²) in [5.41, 5.74) is 3.93. The number of piperidine rings is 2. The molecule has 2 saturated heterocycles. The molecule has 4 atom stereocenters. The van der Waals surface area contributed by atoms with Crippen LogP contribution in [-0.4, -0.2) is 75.8 Å². The number of benzene rings is 2. The van der Waals surface area contributed by atoms with E-state index in [1.807, 2.05) is 12.1 Å². The second kappa shape index (κ2) is 14.8. The number of ketones is 2. The van der Waals surface area contributed by atoms with Crippen molar-refractivity contribution >= 4 is 11.6 Å². The molecule has 2 fully saturated rings. The van der Waals surface area contributed by atoms with Crippen molar-refractivity contribution in [1.82, 2.24) is 9.80 Å². The molecule has 0 spiro atoms. The molecule has 8 nitrogen and oxygen atoms in total. The van der Waals surface area contributed by atoms with Crippen LogP contribution < -0.4 is 18.9 Å². The highest BCUT2D eigenvalue weighted by Gasteiger charge is 2.40. The molecular weight excluding hydrogens is 580 g/mol. The molecule has 0 saturated carbocycles. The van der Waals surface area contributed by atoms with Gasteiger partial charge in [0.2, 0.25) is 0 Å². The Morgan fingerprint density at radius 3 is 1.54 bits per heavy atom. The lowest BCUT2D eigenvalue weighted by Gasteiger charge is -2.43. The highest BCUT2D eigenvalue weighted by Crippen LogP contribution is 2.44. The highest BCUT2D eigenvalue weighted by molar-refractivity contribution is 5.83. The van der Waals surface area contributed by atoms with Gasteiger partial charge < -0.3 is 18.9 Å². The van der Waals surface area contributed by atoms with Crippen LogP contribution in [0.3, 0.4) is 0 Å². The Labute approximate surface area is 286 Å². The zero-order valence-electron chi connectivity index (χ0n) is 35.8. The van der Waals surface area contributed by atoms with Crippen LogP contribution in [0.4, 0.5) is 0 Å². The minimum atomic E-state index is -2.75. The third-order valence-electron chi connectivity index (χ3n) is 10.0. The largest absolute Gasteiger partial charge is 0.493 e. The number of fused-ring (bicyclic) bond motifs is 6. The third kappa shape index (κ3) is 7.23. The van der Waals surface area contributed by atoms with Crippen LogP contribution in [0.1, 0.15) is 98.7 Å². The second-order valence-electron chi connectivity index (χ2n) is 14.0. The Kier molecular flexibility index (Phi) is 8.02. The first-order valence-corrected chi connectivity index (χ1v) is 16.5. The van der Waals surface area contributed by atoms with Gasteiger partial charge in [0, 0.05) is 62.9 Å². The van der Waals surface area contributed by atoms with Gasteiger partial charge in [-0.15, -0.1) is 0 Å². The first-order chi connectivity index (χ1) is 25.2. The van der Waals surface area contributed by atoms with E-state index in [0.29, 0.717) is 54.9 Å². The number of rotatable bonds is 8. The minimum absolute atomic E-state index is 0.0177. The lowest BCUT2D eigenvalue weighted by Crippen LogP contribution is -2.46. The first kappa shape index (κ1) is 25.0. The van der Waals surface area contributed by atoms with Crippen LogP contribution in [-0.2, 0) is 22.4 Å². The minimum Gasteiger partial charge on any atom is -0.493 e. The van der Waals surface area contributed by atoms with Gasteiger partial charge in [0.25, 0.3) is 0 Å². The second-order valence-corrected chi connectivity index (χ2v) is 14.0. The smallest absolute Gasteiger partial charge is 0.161 e.